The number of hydrogen-bond donors (Lipinski definition) is 1. The van der Waals surface area contributed by atoms with Crippen molar-refractivity contribution in [2.75, 3.05) is 0 Å². The van der Waals surface area contributed by atoms with Crippen LogP contribution in [-0.4, -0.2) is 19.8 Å². The summed E-state index contributed by atoms with van der Waals surface area (Å²) in [4.78, 5) is 4.60. The quantitative estimate of drug-likeness (QED) is 0.564. The lowest BCUT2D eigenvalue weighted by molar-refractivity contribution is 0.180. The summed E-state index contributed by atoms with van der Waals surface area (Å²) in [5.74, 6) is 1.10. The fourth-order valence-electron chi connectivity index (χ4n) is 3.94. The normalized spacial score (nSPS) is 16.4. The summed E-state index contributed by atoms with van der Waals surface area (Å²) in [6.45, 7) is 4.35. The van der Waals surface area contributed by atoms with E-state index in [9.17, 15) is 5.11 Å². The average Bonchev–Trinajstić information content (AvgIpc) is 3.39. The van der Waals surface area contributed by atoms with E-state index in [1.54, 1.807) is 0 Å². The van der Waals surface area contributed by atoms with Crippen LogP contribution in [0.4, 0.5) is 0 Å². The number of hydrogen-bond acceptors (Lipinski definition) is 4. The third kappa shape index (κ3) is 2.66. The van der Waals surface area contributed by atoms with Gasteiger partial charge in [0.2, 0.25) is 5.82 Å². The van der Waals surface area contributed by atoms with E-state index in [1.165, 1.54) is 11.1 Å². The van der Waals surface area contributed by atoms with Crippen LogP contribution in [0.1, 0.15) is 43.5 Å². The molecule has 2 heterocycles. The molecular weight excluding hydrogens is 338 g/mol. The summed E-state index contributed by atoms with van der Waals surface area (Å²) in [5, 5.41) is 15.3. The number of aromatic nitrogens is 3. The molecular formula is C22H21N3O2. The molecule has 0 fully saturated rings. The van der Waals surface area contributed by atoms with Crippen molar-refractivity contribution in [2.45, 2.75) is 38.8 Å². The molecule has 1 aliphatic rings. The largest absolute Gasteiger partial charge is 0.388 e. The van der Waals surface area contributed by atoms with E-state index >= 15 is 0 Å². The zero-order chi connectivity index (χ0) is 18.5. The van der Waals surface area contributed by atoms with Gasteiger partial charge < -0.3 is 14.2 Å². The van der Waals surface area contributed by atoms with E-state index < -0.39 is 0 Å². The van der Waals surface area contributed by atoms with Gasteiger partial charge in [0.05, 0.1) is 6.10 Å². The van der Waals surface area contributed by atoms with Crippen molar-refractivity contribution in [1.82, 2.24) is 14.7 Å². The number of nitrogens with zero attached hydrogens (tertiary/aromatic N) is 3. The third-order valence-electron chi connectivity index (χ3n) is 5.40. The highest BCUT2D eigenvalue weighted by atomic mass is 16.5. The van der Waals surface area contributed by atoms with Crippen LogP contribution in [0.5, 0.6) is 0 Å². The molecule has 1 atom stereocenters. The van der Waals surface area contributed by atoms with Gasteiger partial charge in [0.25, 0.3) is 5.89 Å². The van der Waals surface area contributed by atoms with Crippen molar-refractivity contribution in [1.29, 1.82) is 0 Å². The SMILES string of the molecule is CC(C)n1ccc2cc(-c3nc(-c4ccc5c(c4)CCC5O)no3)ccc21. The topological polar surface area (TPSA) is 64.1 Å². The number of fused-ring (bicyclic) bond motifs is 2. The molecule has 2 aromatic heterocycles. The van der Waals surface area contributed by atoms with Crippen molar-refractivity contribution in [3.05, 3.63) is 59.8 Å². The minimum absolute atomic E-state index is 0.347. The van der Waals surface area contributed by atoms with Crippen LogP contribution in [0.15, 0.2) is 53.2 Å². The summed E-state index contributed by atoms with van der Waals surface area (Å²) in [6.07, 6.45) is 3.43. The maximum absolute atomic E-state index is 9.97. The van der Waals surface area contributed by atoms with E-state index in [-0.39, 0.29) is 6.10 Å². The Morgan fingerprint density at radius 1 is 1.11 bits per heavy atom. The Kier molecular flexibility index (Phi) is 3.65. The standard InChI is InChI=1S/C22H21N3O2/c1-13(2)25-10-9-15-12-17(4-7-19(15)25)22-23-21(24-27-22)16-3-6-18-14(11-16)5-8-20(18)26/h3-4,6-7,9-13,20,26H,5,8H2,1-2H3. The van der Waals surface area contributed by atoms with Crippen LogP contribution in [-0.2, 0) is 6.42 Å². The lowest BCUT2D eigenvalue weighted by Crippen LogP contribution is -1.97. The van der Waals surface area contributed by atoms with E-state index in [4.69, 9.17) is 4.52 Å². The monoisotopic (exact) mass is 359 g/mol. The molecule has 5 rings (SSSR count). The molecule has 0 aliphatic heterocycles. The van der Waals surface area contributed by atoms with Gasteiger partial charge in [0.15, 0.2) is 0 Å². The van der Waals surface area contributed by atoms with Gasteiger partial charge in [-0.05, 0) is 68.1 Å². The number of benzene rings is 2. The number of aliphatic hydroxyl groups is 1. The molecule has 1 unspecified atom stereocenters. The molecule has 0 radical (unpaired) electrons. The molecule has 1 aliphatic carbocycles. The first-order valence-electron chi connectivity index (χ1n) is 9.36. The van der Waals surface area contributed by atoms with Crippen LogP contribution < -0.4 is 0 Å². The summed E-state index contributed by atoms with van der Waals surface area (Å²) in [5.41, 5.74) is 5.22. The molecule has 1 N–H and O–H groups in total. The fourth-order valence-corrected chi connectivity index (χ4v) is 3.94. The maximum Gasteiger partial charge on any atom is 0.258 e. The highest BCUT2D eigenvalue weighted by Gasteiger charge is 2.21. The van der Waals surface area contributed by atoms with Crippen molar-refractivity contribution < 1.29 is 9.63 Å². The van der Waals surface area contributed by atoms with Gasteiger partial charge >= 0.3 is 0 Å². The molecule has 0 amide bonds. The second-order valence-corrected chi connectivity index (χ2v) is 7.48. The third-order valence-corrected chi connectivity index (χ3v) is 5.40. The summed E-state index contributed by atoms with van der Waals surface area (Å²) < 4.78 is 7.78. The first-order chi connectivity index (χ1) is 13.1. The van der Waals surface area contributed by atoms with Gasteiger partial charge in [-0.15, -0.1) is 0 Å². The second kappa shape index (κ2) is 6.06. The molecule has 136 valence electrons. The Morgan fingerprint density at radius 2 is 1.96 bits per heavy atom. The minimum atomic E-state index is -0.347. The van der Waals surface area contributed by atoms with Crippen LogP contribution >= 0.6 is 0 Å². The minimum Gasteiger partial charge on any atom is -0.388 e. The van der Waals surface area contributed by atoms with Crippen LogP contribution in [0.2, 0.25) is 0 Å². The molecule has 0 saturated heterocycles. The molecule has 5 nitrogen and oxygen atoms in total. The van der Waals surface area contributed by atoms with E-state index in [2.05, 4.69) is 59.0 Å². The molecule has 4 aromatic rings. The Balaban J connectivity index is 1.50. The van der Waals surface area contributed by atoms with E-state index in [0.29, 0.717) is 17.8 Å². The van der Waals surface area contributed by atoms with Crippen molar-refractivity contribution in [3.63, 3.8) is 0 Å². The molecule has 5 heteroatoms. The van der Waals surface area contributed by atoms with Crippen LogP contribution in [0.25, 0.3) is 33.7 Å². The average molecular weight is 359 g/mol. The first kappa shape index (κ1) is 16.3. The number of aryl methyl sites for hydroxylation is 1. The lowest BCUT2D eigenvalue weighted by atomic mass is 10.1. The highest BCUT2D eigenvalue weighted by molar-refractivity contribution is 5.84. The predicted octanol–water partition coefficient (Wildman–Crippen LogP) is 4.92. The lowest BCUT2D eigenvalue weighted by Gasteiger charge is -2.09. The first-order valence-corrected chi connectivity index (χ1v) is 9.36. The van der Waals surface area contributed by atoms with E-state index in [0.717, 1.165) is 34.9 Å². The van der Waals surface area contributed by atoms with Crippen LogP contribution in [0, 0.1) is 0 Å². The molecule has 0 saturated carbocycles. The van der Waals surface area contributed by atoms with Crippen LogP contribution in [0.3, 0.4) is 0 Å². The van der Waals surface area contributed by atoms with Gasteiger partial charge in [-0.2, -0.15) is 4.98 Å². The summed E-state index contributed by atoms with van der Waals surface area (Å²) >= 11 is 0. The van der Waals surface area contributed by atoms with Gasteiger partial charge in [0, 0.05) is 34.3 Å². The Morgan fingerprint density at radius 3 is 2.81 bits per heavy atom. The summed E-state index contributed by atoms with van der Waals surface area (Å²) in [6, 6.07) is 14.7. The van der Waals surface area contributed by atoms with Gasteiger partial charge in [-0.25, -0.2) is 0 Å². The highest BCUT2D eigenvalue weighted by Crippen LogP contribution is 2.34. The molecule has 0 bridgehead atoms. The van der Waals surface area contributed by atoms with Gasteiger partial charge in [-0.3, -0.25) is 0 Å². The zero-order valence-corrected chi connectivity index (χ0v) is 15.4. The Hall–Kier alpha value is -2.92. The Bertz CT molecular complexity index is 1140. The zero-order valence-electron chi connectivity index (χ0n) is 15.4. The molecule has 0 spiro atoms. The van der Waals surface area contributed by atoms with Gasteiger partial charge in [0.1, 0.15) is 0 Å². The van der Waals surface area contributed by atoms with E-state index in [1.807, 2.05) is 18.2 Å². The molecule has 2 aromatic carbocycles. The smallest absolute Gasteiger partial charge is 0.258 e. The number of rotatable bonds is 3. The number of aliphatic hydroxyl groups excluding tert-OH is 1. The van der Waals surface area contributed by atoms with Crippen molar-refractivity contribution >= 4 is 10.9 Å². The van der Waals surface area contributed by atoms with Crippen molar-refractivity contribution in [2.24, 2.45) is 0 Å². The fraction of sp³-hybridized carbons (Fsp3) is 0.273. The van der Waals surface area contributed by atoms with Crippen molar-refractivity contribution in [3.8, 4) is 22.8 Å². The maximum atomic E-state index is 9.97. The Labute approximate surface area is 157 Å². The second-order valence-electron chi connectivity index (χ2n) is 7.48. The predicted molar refractivity (Wildman–Crippen MR) is 104 cm³/mol. The summed E-state index contributed by atoms with van der Waals surface area (Å²) in [7, 11) is 0. The van der Waals surface area contributed by atoms with Gasteiger partial charge in [-0.1, -0.05) is 17.3 Å². The molecule has 27 heavy (non-hydrogen) atoms.